The van der Waals surface area contributed by atoms with Crippen molar-refractivity contribution < 1.29 is 9.18 Å². The first kappa shape index (κ1) is 9.97. The summed E-state index contributed by atoms with van der Waals surface area (Å²) in [4.78, 5) is 11.0. The summed E-state index contributed by atoms with van der Waals surface area (Å²) < 4.78 is 13.0. The Bertz CT molecular complexity index is 366. The van der Waals surface area contributed by atoms with Crippen LogP contribution in [-0.4, -0.2) is 12.0 Å². The van der Waals surface area contributed by atoms with Crippen LogP contribution in [0.5, 0.6) is 0 Å². The van der Waals surface area contributed by atoms with Crippen molar-refractivity contribution >= 4 is 17.7 Å². The number of benzene rings is 1. The summed E-state index contributed by atoms with van der Waals surface area (Å²) >= 11 is 0. The van der Waals surface area contributed by atoms with E-state index in [1.807, 2.05) is 5.32 Å². The fourth-order valence-electron chi connectivity index (χ4n) is 0.838. The van der Waals surface area contributed by atoms with Gasteiger partial charge in [-0.3, -0.25) is 10.7 Å². The highest BCUT2D eigenvalue weighted by molar-refractivity contribution is 6.00. The molecule has 0 aliphatic rings. The van der Waals surface area contributed by atoms with Crippen LogP contribution in [-0.2, 0) is 0 Å². The highest BCUT2D eigenvalue weighted by Crippen LogP contribution is 2.11. The van der Waals surface area contributed by atoms with Crippen LogP contribution in [0.3, 0.4) is 0 Å². The first-order valence-electron chi connectivity index (χ1n) is 3.76. The number of amides is 2. The summed E-state index contributed by atoms with van der Waals surface area (Å²) in [5.74, 6) is -1.05. The average Bonchev–Trinajstić information content (AvgIpc) is 2.07. The van der Waals surface area contributed by atoms with Crippen LogP contribution in [0.4, 0.5) is 14.9 Å². The molecule has 0 aromatic heterocycles. The van der Waals surface area contributed by atoms with Gasteiger partial charge in [-0.1, -0.05) is 12.1 Å². The Hall–Kier alpha value is -2.11. The van der Waals surface area contributed by atoms with Crippen molar-refractivity contribution in [3.05, 3.63) is 30.1 Å². The van der Waals surface area contributed by atoms with Gasteiger partial charge in [0.2, 0.25) is 0 Å². The van der Waals surface area contributed by atoms with Crippen molar-refractivity contribution in [1.82, 2.24) is 5.32 Å². The number of carbonyl (C=O) groups excluding carboxylic acids is 1. The molecule has 14 heavy (non-hydrogen) atoms. The molecule has 0 unspecified atom stereocenters. The summed E-state index contributed by atoms with van der Waals surface area (Å²) in [6.45, 7) is 0. The van der Waals surface area contributed by atoms with Crippen LogP contribution in [0.25, 0.3) is 0 Å². The Kier molecular flexibility index (Phi) is 3.01. The maximum Gasteiger partial charge on any atom is 0.326 e. The minimum absolute atomic E-state index is 0.0336. The largest absolute Gasteiger partial charge is 0.370 e. The number of carbonyl (C=O) groups is 1. The van der Waals surface area contributed by atoms with E-state index in [1.165, 1.54) is 18.2 Å². The maximum absolute atomic E-state index is 13.0. The number of urea groups is 1. The lowest BCUT2D eigenvalue weighted by Crippen LogP contribution is -2.38. The second-order valence-electron chi connectivity index (χ2n) is 2.47. The molecule has 0 radical (unpaired) electrons. The number of rotatable bonds is 1. The molecule has 1 aromatic carbocycles. The van der Waals surface area contributed by atoms with Crippen molar-refractivity contribution in [2.24, 2.45) is 5.73 Å². The minimum atomic E-state index is -0.748. The van der Waals surface area contributed by atoms with Crippen LogP contribution in [0.1, 0.15) is 0 Å². The molecule has 6 heteroatoms. The van der Waals surface area contributed by atoms with Gasteiger partial charge in [-0.25, -0.2) is 9.18 Å². The highest BCUT2D eigenvalue weighted by Gasteiger charge is 2.05. The summed E-state index contributed by atoms with van der Waals surface area (Å²) in [5.41, 5.74) is 4.94. The molecule has 1 aromatic rings. The first-order chi connectivity index (χ1) is 6.59. The van der Waals surface area contributed by atoms with Gasteiger partial charge in [0.25, 0.3) is 0 Å². The van der Waals surface area contributed by atoms with E-state index in [0.29, 0.717) is 0 Å². The predicted molar refractivity (Wildman–Crippen MR) is 50.5 cm³/mol. The van der Waals surface area contributed by atoms with E-state index >= 15 is 0 Å². The molecule has 5 N–H and O–H groups in total. The van der Waals surface area contributed by atoms with E-state index in [0.717, 1.165) is 0 Å². The number of para-hydroxylation sites is 1. The second kappa shape index (κ2) is 4.22. The molecule has 5 nitrogen and oxygen atoms in total. The monoisotopic (exact) mass is 196 g/mol. The maximum atomic E-state index is 13.0. The zero-order valence-corrected chi connectivity index (χ0v) is 7.17. The second-order valence-corrected chi connectivity index (χ2v) is 2.47. The molecule has 0 atom stereocenters. The van der Waals surface area contributed by atoms with Crippen LogP contribution in [0, 0.1) is 11.2 Å². The van der Waals surface area contributed by atoms with E-state index in [4.69, 9.17) is 11.1 Å². The van der Waals surface area contributed by atoms with Crippen molar-refractivity contribution in [1.29, 1.82) is 5.41 Å². The van der Waals surface area contributed by atoms with Gasteiger partial charge in [0.15, 0.2) is 5.96 Å². The molecule has 0 saturated heterocycles. The molecule has 74 valence electrons. The van der Waals surface area contributed by atoms with E-state index in [2.05, 4.69) is 5.32 Å². The van der Waals surface area contributed by atoms with Crippen LogP contribution in [0.15, 0.2) is 24.3 Å². The van der Waals surface area contributed by atoms with Gasteiger partial charge < -0.3 is 11.1 Å². The van der Waals surface area contributed by atoms with Gasteiger partial charge in [-0.2, -0.15) is 0 Å². The van der Waals surface area contributed by atoms with Gasteiger partial charge in [-0.05, 0) is 12.1 Å². The van der Waals surface area contributed by atoms with E-state index in [9.17, 15) is 9.18 Å². The highest BCUT2D eigenvalue weighted by atomic mass is 19.1. The van der Waals surface area contributed by atoms with E-state index in [-0.39, 0.29) is 5.69 Å². The summed E-state index contributed by atoms with van der Waals surface area (Å²) in [7, 11) is 0. The zero-order chi connectivity index (χ0) is 10.6. The topological polar surface area (TPSA) is 91.0 Å². The van der Waals surface area contributed by atoms with Gasteiger partial charge in [0, 0.05) is 0 Å². The Labute approximate surface area is 79.6 Å². The molecule has 0 fully saturated rings. The summed E-state index contributed by atoms with van der Waals surface area (Å²) in [6, 6.07) is 4.94. The minimum Gasteiger partial charge on any atom is -0.370 e. The Morgan fingerprint density at radius 3 is 2.64 bits per heavy atom. The average molecular weight is 196 g/mol. The number of hydrogen-bond donors (Lipinski definition) is 4. The number of nitrogens with two attached hydrogens (primary N) is 1. The standard InChI is InChI=1S/C8H9FN4O/c9-5-3-1-2-4-6(5)12-8(14)13-7(10)11/h1-4H,(H5,10,11,12,13,14). The van der Waals surface area contributed by atoms with Crippen molar-refractivity contribution in [3.8, 4) is 0 Å². The van der Waals surface area contributed by atoms with Gasteiger partial charge in [-0.15, -0.1) is 0 Å². The van der Waals surface area contributed by atoms with Crippen molar-refractivity contribution in [3.63, 3.8) is 0 Å². The lowest BCUT2D eigenvalue weighted by atomic mass is 10.3. The van der Waals surface area contributed by atoms with Crippen molar-refractivity contribution in [2.75, 3.05) is 5.32 Å². The SMILES string of the molecule is N=C(N)NC(=O)Nc1ccccc1F. The normalized spacial score (nSPS) is 9.21. The third kappa shape index (κ3) is 2.74. The van der Waals surface area contributed by atoms with Crippen LogP contribution < -0.4 is 16.4 Å². The molecule has 0 saturated carbocycles. The lowest BCUT2D eigenvalue weighted by molar-refractivity contribution is 0.256. The summed E-state index contributed by atoms with van der Waals surface area (Å²) in [5, 5.41) is 10.9. The Morgan fingerprint density at radius 2 is 2.07 bits per heavy atom. The van der Waals surface area contributed by atoms with Crippen LogP contribution >= 0.6 is 0 Å². The summed E-state index contributed by atoms with van der Waals surface area (Å²) in [6.07, 6.45) is 0. The third-order valence-corrected chi connectivity index (χ3v) is 1.37. The molecule has 2 amide bonds. The molecular formula is C8H9FN4O. The molecule has 1 rings (SSSR count). The fourth-order valence-corrected chi connectivity index (χ4v) is 0.838. The number of nitrogens with one attached hydrogen (secondary N) is 3. The van der Waals surface area contributed by atoms with E-state index < -0.39 is 17.8 Å². The number of halogens is 1. The molecule has 0 spiro atoms. The number of guanidine groups is 1. The third-order valence-electron chi connectivity index (χ3n) is 1.37. The lowest BCUT2D eigenvalue weighted by Gasteiger charge is -2.06. The molecular weight excluding hydrogens is 187 g/mol. The molecule has 0 heterocycles. The molecule has 0 aliphatic heterocycles. The fraction of sp³-hybridized carbons (Fsp3) is 0. The number of anilines is 1. The zero-order valence-electron chi connectivity index (χ0n) is 7.17. The Morgan fingerprint density at radius 1 is 1.43 bits per heavy atom. The van der Waals surface area contributed by atoms with Gasteiger partial charge >= 0.3 is 6.03 Å². The first-order valence-corrected chi connectivity index (χ1v) is 3.76. The molecule has 0 aliphatic carbocycles. The van der Waals surface area contributed by atoms with E-state index in [1.54, 1.807) is 6.07 Å². The van der Waals surface area contributed by atoms with Gasteiger partial charge in [0.1, 0.15) is 5.82 Å². The predicted octanol–water partition coefficient (Wildman–Crippen LogP) is 0.841. The van der Waals surface area contributed by atoms with Crippen LogP contribution in [0.2, 0.25) is 0 Å². The smallest absolute Gasteiger partial charge is 0.326 e. The molecule has 0 bridgehead atoms. The van der Waals surface area contributed by atoms with Crippen molar-refractivity contribution in [2.45, 2.75) is 0 Å². The quantitative estimate of drug-likeness (QED) is 0.396. The Balaban J connectivity index is 2.65. The van der Waals surface area contributed by atoms with Gasteiger partial charge in [0.05, 0.1) is 5.69 Å². The number of hydrogen-bond acceptors (Lipinski definition) is 2.